The summed E-state index contributed by atoms with van der Waals surface area (Å²) in [6, 6.07) is 2.99. The molecule has 0 spiro atoms. The molecule has 0 radical (unpaired) electrons. The van der Waals surface area contributed by atoms with Gasteiger partial charge >= 0.3 is 5.97 Å². The van der Waals surface area contributed by atoms with Crippen LogP contribution in [-0.4, -0.2) is 25.5 Å². The molecule has 102 valence electrons. The second-order valence-electron chi connectivity index (χ2n) is 3.88. The first-order valence-corrected chi connectivity index (χ1v) is 7.12. The molecule has 0 saturated carbocycles. The summed E-state index contributed by atoms with van der Waals surface area (Å²) in [6.07, 6.45) is 5.34. The van der Waals surface area contributed by atoms with Gasteiger partial charge in [0.05, 0.1) is 15.5 Å². The lowest BCUT2D eigenvalue weighted by Gasteiger charge is -2.12. The fraction of sp³-hybridized carbons (Fsp3) is 0.250. The van der Waals surface area contributed by atoms with Crippen molar-refractivity contribution >= 4 is 27.6 Å². The van der Waals surface area contributed by atoms with E-state index in [4.69, 9.17) is 23.1 Å². The fourth-order valence-electron chi connectivity index (χ4n) is 1.39. The Hall–Kier alpha value is -1.55. The van der Waals surface area contributed by atoms with E-state index >= 15 is 0 Å². The highest BCUT2D eigenvalue weighted by molar-refractivity contribution is 7.89. The number of hydrogen-bond donors (Lipinski definition) is 2. The highest BCUT2D eigenvalue weighted by Gasteiger charge is 2.19. The third kappa shape index (κ3) is 3.96. The molecule has 1 rings (SSSR count). The van der Waals surface area contributed by atoms with Crippen molar-refractivity contribution < 1.29 is 18.3 Å². The number of halogens is 1. The van der Waals surface area contributed by atoms with Crippen LogP contribution in [0.15, 0.2) is 23.1 Å². The maximum Gasteiger partial charge on any atom is 0.337 e. The van der Waals surface area contributed by atoms with Crippen LogP contribution in [0, 0.1) is 12.3 Å². The van der Waals surface area contributed by atoms with Crippen molar-refractivity contribution in [1.29, 1.82) is 0 Å². The van der Waals surface area contributed by atoms with E-state index in [0.29, 0.717) is 0 Å². The lowest BCUT2D eigenvalue weighted by atomic mass is 10.2. The van der Waals surface area contributed by atoms with Gasteiger partial charge in [0.25, 0.3) is 0 Å². The standard InChI is InChI=1S/C12H12ClNO4S/c1-3-4-8(2)14-19(17,18)9-5-6-10(12(15)16)11(13)7-9/h1,5-8,14H,4H2,2H3,(H,15,16). The molecule has 0 amide bonds. The largest absolute Gasteiger partial charge is 0.478 e. The third-order valence-electron chi connectivity index (χ3n) is 2.26. The molecule has 2 N–H and O–H groups in total. The zero-order valence-electron chi connectivity index (χ0n) is 10.1. The Morgan fingerprint density at radius 2 is 2.21 bits per heavy atom. The lowest BCUT2D eigenvalue weighted by molar-refractivity contribution is 0.0697. The number of carbonyl (C=O) groups is 1. The topological polar surface area (TPSA) is 83.5 Å². The molecule has 7 heteroatoms. The van der Waals surface area contributed by atoms with Crippen LogP contribution >= 0.6 is 11.6 Å². The van der Waals surface area contributed by atoms with Gasteiger partial charge in [-0.05, 0) is 25.1 Å². The van der Waals surface area contributed by atoms with Crippen LogP contribution < -0.4 is 4.72 Å². The number of sulfonamides is 1. The van der Waals surface area contributed by atoms with Gasteiger partial charge in [0.1, 0.15) is 0 Å². The Balaban J connectivity index is 3.07. The highest BCUT2D eigenvalue weighted by atomic mass is 35.5. The number of carboxylic acid groups (broad SMARTS) is 1. The number of rotatable bonds is 5. The molecule has 0 aliphatic heterocycles. The van der Waals surface area contributed by atoms with Crippen LogP contribution in [-0.2, 0) is 10.0 Å². The molecular weight excluding hydrogens is 290 g/mol. The minimum Gasteiger partial charge on any atom is -0.478 e. The normalized spacial score (nSPS) is 12.7. The van der Waals surface area contributed by atoms with E-state index in [0.717, 1.165) is 12.1 Å². The second kappa shape index (κ2) is 6.06. The molecule has 0 saturated heterocycles. The Kier molecular flexibility index (Phi) is 4.95. The summed E-state index contributed by atoms with van der Waals surface area (Å²) in [5, 5.41) is 8.66. The first-order valence-electron chi connectivity index (χ1n) is 5.26. The number of benzene rings is 1. The van der Waals surface area contributed by atoms with Crippen molar-refractivity contribution in [1.82, 2.24) is 4.72 Å². The van der Waals surface area contributed by atoms with E-state index in [1.807, 2.05) is 0 Å². The Morgan fingerprint density at radius 1 is 1.58 bits per heavy atom. The molecule has 0 aromatic heterocycles. The monoisotopic (exact) mass is 301 g/mol. The minimum absolute atomic E-state index is 0.105. The number of hydrogen-bond acceptors (Lipinski definition) is 3. The van der Waals surface area contributed by atoms with Crippen molar-refractivity contribution in [2.75, 3.05) is 0 Å². The molecule has 0 aliphatic carbocycles. The molecule has 5 nitrogen and oxygen atoms in total. The van der Waals surface area contributed by atoms with Gasteiger partial charge in [-0.1, -0.05) is 11.6 Å². The Morgan fingerprint density at radius 3 is 2.68 bits per heavy atom. The molecule has 1 unspecified atom stereocenters. The van der Waals surface area contributed by atoms with Gasteiger partial charge in [-0.3, -0.25) is 0 Å². The van der Waals surface area contributed by atoms with E-state index in [1.54, 1.807) is 6.92 Å². The molecule has 1 aromatic carbocycles. The van der Waals surface area contributed by atoms with Gasteiger partial charge in [-0.15, -0.1) is 12.3 Å². The molecule has 1 aromatic rings. The zero-order valence-corrected chi connectivity index (χ0v) is 11.6. The average Bonchev–Trinajstić information content (AvgIpc) is 2.27. The average molecular weight is 302 g/mol. The molecule has 0 fully saturated rings. The van der Waals surface area contributed by atoms with Crippen LogP contribution in [0.2, 0.25) is 5.02 Å². The summed E-state index contributed by atoms with van der Waals surface area (Å²) in [5.41, 5.74) is -0.155. The van der Waals surface area contributed by atoms with Crippen molar-refractivity contribution in [3.8, 4) is 12.3 Å². The highest BCUT2D eigenvalue weighted by Crippen LogP contribution is 2.21. The minimum atomic E-state index is -3.77. The van der Waals surface area contributed by atoms with Gasteiger partial charge < -0.3 is 5.11 Å². The molecular formula is C12H12ClNO4S. The van der Waals surface area contributed by atoms with E-state index < -0.39 is 22.0 Å². The van der Waals surface area contributed by atoms with Crippen LogP contribution in [0.1, 0.15) is 23.7 Å². The summed E-state index contributed by atoms with van der Waals surface area (Å²) in [5.74, 6) is 1.13. The quantitative estimate of drug-likeness (QED) is 0.811. The van der Waals surface area contributed by atoms with E-state index in [2.05, 4.69) is 10.6 Å². The predicted octanol–water partition coefficient (Wildman–Crippen LogP) is 1.73. The number of carboxylic acids is 1. The van der Waals surface area contributed by atoms with Crippen LogP contribution in [0.4, 0.5) is 0 Å². The summed E-state index contributed by atoms with van der Waals surface area (Å²) in [7, 11) is -3.77. The third-order valence-corrected chi connectivity index (χ3v) is 4.16. The van der Waals surface area contributed by atoms with Gasteiger partial charge in [-0.25, -0.2) is 17.9 Å². The van der Waals surface area contributed by atoms with Gasteiger partial charge in [0, 0.05) is 12.5 Å². The molecule has 0 aliphatic rings. The van der Waals surface area contributed by atoms with Crippen molar-refractivity contribution in [3.63, 3.8) is 0 Å². The SMILES string of the molecule is C#CCC(C)NS(=O)(=O)c1ccc(C(=O)O)c(Cl)c1. The van der Waals surface area contributed by atoms with Gasteiger partial charge in [0.15, 0.2) is 0 Å². The lowest BCUT2D eigenvalue weighted by Crippen LogP contribution is -2.32. The maximum absolute atomic E-state index is 12.0. The number of terminal acetylenes is 1. The van der Waals surface area contributed by atoms with E-state index in [-0.39, 0.29) is 21.9 Å². The summed E-state index contributed by atoms with van der Waals surface area (Å²) < 4.78 is 26.3. The first-order chi connectivity index (χ1) is 8.77. The van der Waals surface area contributed by atoms with Gasteiger partial charge in [0.2, 0.25) is 10.0 Å². The zero-order chi connectivity index (χ0) is 14.6. The summed E-state index contributed by atoms with van der Waals surface area (Å²) >= 11 is 5.72. The van der Waals surface area contributed by atoms with Crippen LogP contribution in [0.3, 0.4) is 0 Å². The van der Waals surface area contributed by atoms with Crippen molar-refractivity contribution in [2.24, 2.45) is 0 Å². The Bertz CT molecular complexity index is 634. The van der Waals surface area contributed by atoms with Crippen molar-refractivity contribution in [2.45, 2.75) is 24.3 Å². The van der Waals surface area contributed by atoms with E-state index in [9.17, 15) is 13.2 Å². The maximum atomic E-state index is 12.0. The Labute approximate surface area is 116 Å². The molecule has 1 atom stereocenters. The van der Waals surface area contributed by atoms with Gasteiger partial charge in [-0.2, -0.15) is 0 Å². The van der Waals surface area contributed by atoms with E-state index in [1.165, 1.54) is 6.07 Å². The smallest absolute Gasteiger partial charge is 0.337 e. The molecule has 0 heterocycles. The predicted molar refractivity (Wildman–Crippen MR) is 71.6 cm³/mol. The van der Waals surface area contributed by atoms with Crippen molar-refractivity contribution in [3.05, 3.63) is 28.8 Å². The van der Waals surface area contributed by atoms with Crippen LogP contribution in [0.25, 0.3) is 0 Å². The van der Waals surface area contributed by atoms with Crippen LogP contribution in [0.5, 0.6) is 0 Å². The second-order valence-corrected chi connectivity index (χ2v) is 6.00. The molecule has 19 heavy (non-hydrogen) atoms. The number of nitrogens with one attached hydrogen (secondary N) is 1. The summed E-state index contributed by atoms with van der Waals surface area (Å²) in [4.78, 5) is 10.7. The number of aromatic carboxylic acids is 1. The fourth-order valence-corrected chi connectivity index (χ4v) is 2.98. The molecule has 0 bridgehead atoms. The first kappa shape index (κ1) is 15.5. The summed E-state index contributed by atoms with van der Waals surface area (Å²) in [6.45, 7) is 1.63.